The molecule has 4 nitrogen and oxygen atoms in total. The molecule has 0 aliphatic heterocycles. The third kappa shape index (κ3) is 3.60. The first-order chi connectivity index (χ1) is 13.1. The Hall–Kier alpha value is -2.87. The van der Waals surface area contributed by atoms with Gasteiger partial charge in [0.1, 0.15) is 5.82 Å². The van der Waals surface area contributed by atoms with Gasteiger partial charge in [-0.05, 0) is 24.3 Å². The molecule has 0 amide bonds. The summed E-state index contributed by atoms with van der Waals surface area (Å²) >= 11 is 6.00. The quantitative estimate of drug-likeness (QED) is 0.343. The van der Waals surface area contributed by atoms with Crippen molar-refractivity contribution in [3.8, 4) is 0 Å². The van der Waals surface area contributed by atoms with E-state index in [-0.39, 0.29) is 33.6 Å². The van der Waals surface area contributed by atoms with Crippen molar-refractivity contribution in [3.05, 3.63) is 70.1 Å². The molecular weight excluding hydrogens is 402 g/mol. The molecular formula is C19H12ClF4NO3. The normalized spacial score (nSPS) is 11.6. The number of ketones is 1. The molecule has 0 aliphatic carbocycles. The Morgan fingerprint density at radius 2 is 1.89 bits per heavy atom. The predicted octanol–water partition coefficient (Wildman–Crippen LogP) is 5.01. The second kappa shape index (κ2) is 7.27. The first-order valence-electron chi connectivity index (χ1n) is 7.89. The Kier molecular flexibility index (Phi) is 5.16. The zero-order chi connectivity index (χ0) is 20.6. The molecule has 2 aromatic carbocycles. The number of carbonyl (C=O) groups is 2. The average Bonchev–Trinajstić information content (AvgIpc) is 3.00. The molecule has 0 spiro atoms. The Morgan fingerprint density at radius 1 is 1.18 bits per heavy atom. The molecule has 0 saturated heterocycles. The number of esters is 1. The van der Waals surface area contributed by atoms with Crippen LogP contribution in [0.2, 0.25) is 5.02 Å². The number of fused-ring (bicyclic) bond motifs is 1. The molecule has 3 rings (SSSR count). The highest BCUT2D eigenvalue weighted by molar-refractivity contribution is 6.31. The van der Waals surface area contributed by atoms with Gasteiger partial charge in [0.2, 0.25) is 0 Å². The molecule has 0 bridgehead atoms. The number of carbonyl (C=O) groups excluding carboxylic acids is 2. The molecule has 1 heterocycles. The molecule has 0 aliphatic rings. The average molecular weight is 414 g/mol. The van der Waals surface area contributed by atoms with Gasteiger partial charge >= 0.3 is 12.1 Å². The number of ether oxygens (including phenoxy) is 1. The molecule has 0 saturated carbocycles. The molecule has 0 N–H and O–H groups in total. The van der Waals surface area contributed by atoms with Gasteiger partial charge in [-0.25, -0.2) is 9.18 Å². The van der Waals surface area contributed by atoms with Gasteiger partial charge in [-0.3, -0.25) is 4.79 Å². The van der Waals surface area contributed by atoms with E-state index in [1.807, 2.05) is 0 Å². The molecule has 3 aromatic rings. The van der Waals surface area contributed by atoms with Crippen molar-refractivity contribution in [2.75, 3.05) is 7.11 Å². The van der Waals surface area contributed by atoms with E-state index in [9.17, 15) is 27.2 Å². The molecule has 146 valence electrons. The number of nitrogens with zero attached hydrogens (tertiary/aromatic N) is 1. The lowest BCUT2D eigenvalue weighted by Crippen LogP contribution is -2.22. The SMILES string of the molecule is COC(=O)c1ccc2c(C(=O)C(F)(F)F)cn(Cc3c(F)cccc3Cl)c2c1. The van der Waals surface area contributed by atoms with Gasteiger partial charge in [-0.15, -0.1) is 0 Å². The zero-order valence-corrected chi connectivity index (χ0v) is 15.1. The summed E-state index contributed by atoms with van der Waals surface area (Å²) in [6.07, 6.45) is -4.11. The number of benzene rings is 2. The number of aromatic nitrogens is 1. The molecule has 0 fully saturated rings. The number of hydrogen-bond donors (Lipinski definition) is 0. The zero-order valence-electron chi connectivity index (χ0n) is 14.3. The minimum atomic E-state index is -5.09. The van der Waals surface area contributed by atoms with Crippen molar-refractivity contribution in [1.82, 2.24) is 4.57 Å². The lowest BCUT2D eigenvalue weighted by atomic mass is 10.1. The Labute approximate surface area is 161 Å². The van der Waals surface area contributed by atoms with Crippen LogP contribution in [0.4, 0.5) is 17.6 Å². The maximum absolute atomic E-state index is 14.1. The number of methoxy groups -OCH3 is 1. The molecule has 28 heavy (non-hydrogen) atoms. The van der Waals surface area contributed by atoms with Crippen LogP contribution >= 0.6 is 11.6 Å². The van der Waals surface area contributed by atoms with Crippen LogP contribution in [0.15, 0.2) is 42.6 Å². The maximum Gasteiger partial charge on any atom is 0.454 e. The van der Waals surface area contributed by atoms with Gasteiger partial charge in [0.15, 0.2) is 0 Å². The van der Waals surface area contributed by atoms with E-state index in [1.54, 1.807) is 0 Å². The van der Waals surface area contributed by atoms with Crippen LogP contribution in [0.1, 0.15) is 26.3 Å². The smallest absolute Gasteiger partial charge is 0.454 e. The molecule has 0 radical (unpaired) electrons. The van der Waals surface area contributed by atoms with E-state index >= 15 is 0 Å². The largest absolute Gasteiger partial charge is 0.465 e. The summed E-state index contributed by atoms with van der Waals surface area (Å²) < 4.78 is 58.9. The fraction of sp³-hybridized carbons (Fsp3) is 0.158. The van der Waals surface area contributed by atoms with E-state index in [0.29, 0.717) is 0 Å². The van der Waals surface area contributed by atoms with Gasteiger partial charge in [-0.1, -0.05) is 23.7 Å². The Balaban J connectivity index is 2.22. The number of hydrogen-bond acceptors (Lipinski definition) is 3. The van der Waals surface area contributed by atoms with E-state index in [1.165, 1.54) is 34.9 Å². The van der Waals surface area contributed by atoms with Gasteiger partial charge in [0.05, 0.1) is 24.8 Å². The summed E-state index contributed by atoms with van der Waals surface area (Å²) in [6.45, 7) is -0.238. The molecule has 0 atom stereocenters. The van der Waals surface area contributed by atoms with E-state index in [0.717, 1.165) is 19.4 Å². The minimum Gasteiger partial charge on any atom is -0.465 e. The van der Waals surface area contributed by atoms with Crippen LogP contribution in [0.3, 0.4) is 0 Å². The van der Waals surface area contributed by atoms with Crippen LogP contribution in [-0.4, -0.2) is 29.6 Å². The number of alkyl halides is 3. The Morgan fingerprint density at radius 3 is 2.50 bits per heavy atom. The molecule has 0 unspecified atom stereocenters. The van der Waals surface area contributed by atoms with Crippen molar-refractivity contribution in [2.45, 2.75) is 12.7 Å². The number of Topliss-reactive ketones (excluding diaryl/α,β-unsaturated/α-hetero) is 1. The van der Waals surface area contributed by atoms with Crippen molar-refractivity contribution >= 4 is 34.3 Å². The van der Waals surface area contributed by atoms with Gasteiger partial charge in [-0.2, -0.15) is 13.2 Å². The van der Waals surface area contributed by atoms with Crippen LogP contribution in [0.5, 0.6) is 0 Å². The lowest BCUT2D eigenvalue weighted by molar-refractivity contribution is -0.0884. The highest BCUT2D eigenvalue weighted by Crippen LogP contribution is 2.31. The number of halogens is 5. The number of rotatable bonds is 4. The van der Waals surface area contributed by atoms with Crippen molar-refractivity contribution in [2.24, 2.45) is 0 Å². The second-order valence-electron chi connectivity index (χ2n) is 5.92. The van der Waals surface area contributed by atoms with Crippen LogP contribution in [0.25, 0.3) is 10.9 Å². The van der Waals surface area contributed by atoms with Gasteiger partial charge < -0.3 is 9.30 Å². The topological polar surface area (TPSA) is 48.3 Å². The van der Waals surface area contributed by atoms with Crippen LogP contribution in [0, 0.1) is 5.82 Å². The molecule has 9 heteroatoms. The highest BCUT2D eigenvalue weighted by Gasteiger charge is 2.41. The Bertz CT molecular complexity index is 1070. The third-order valence-corrected chi connectivity index (χ3v) is 4.55. The van der Waals surface area contributed by atoms with E-state index in [2.05, 4.69) is 4.74 Å². The van der Waals surface area contributed by atoms with E-state index in [4.69, 9.17) is 11.6 Å². The monoisotopic (exact) mass is 413 g/mol. The summed E-state index contributed by atoms with van der Waals surface area (Å²) in [6, 6.07) is 7.75. The fourth-order valence-corrected chi connectivity index (χ4v) is 3.08. The van der Waals surface area contributed by atoms with E-state index < -0.39 is 29.3 Å². The van der Waals surface area contributed by atoms with Crippen LogP contribution < -0.4 is 0 Å². The summed E-state index contributed by atoms with van der Waals surface area (Å²) in [4.78, 5) is 23.6. The lowest BCUT2D eigenvalue weighted by Gasteiger charge is -2.09. The highest BCUT2D eigenvalue weighted by atomic mass is 35.5. The standard InChI is InChI=1S/C19H12ClF4NO3/c1-28-18(27)10-5-6-11-12(17(26)19(22,23)24)8-25(16(11)7-10)9-13-14(20)3-2-4-15(13)21/h2-8H,9H2,1H3. The summed E-state index contributed by atoms with van der Waals surface area (Å²) in [7, 11) is 1.16. The third-order valence-electron chi connectivity index (χ3n) is 4.20. The van der Waals surface area contributed by atoms with Crippen molar-refractivity contribution in [3.63, 3.8) is 0 Å². The van der Waals surface area contributed by atoms with Gasteiger partial charge in [0, 0.05) is 27.7 Å². The summed E-state index contributed by atoms with van der Waals surface area (Å²) in [5.41, 5.74) is -0.364. The fourth-order valence-electron chi connectivity index (χ4n) is 2.85. The summed E-state index contributed by atoms with van der Waals surface area (Å²) in [5, 5.41) is 0.0529. The first-order valence-corrected chi connectivity index (χ1v) is 8.27. The van der Waals surface area contributed by atoms with Crippen LogP contribution in [-0.2, 0) is 11.3 Å². The second-order valence-corrected chi connectivity index (χ2v) is 6.33. The molecule has 1 aromatic heterocycles. The first kappa shape index (κ1) is 19.9. The maximum atomic E-state index is 14.1. The van der Waals surface area contributed by atoms with Gasteiger partial charge in [0.25, 0.3) is 5.78 Å². The minimum absolute atomic E-state index is 0.0255. The summed E-state index contributed by atoms with van der Waals surface area (Å²) in [5.74, 6) is -3.40. The van der Waals surface area contributed by atoms with Crippen molar-refractivity contribution in [1.29, 1.82) is 0 Å². The predicted molar refractivity (Wildman–Crippen MR) is 94.2 cm³/mol. The van der Waals surface area contributed by atoms with Crippen molar-refractivity contribution < 1.29 is 31.9 Å².